The fourth-order valence-corrected chi connectivity index (χ4v) is 3.34. The molecule has 1 saturated carbocycles. The van der Waals surface area contributed by atoms with Crippen molar-refractivity contribution in [2.24, 2.45) is 11.8 Å². The van der Waals surface area contributed by atoms with Gasteiger partial charge in [-0.05, 0) is 38.0 Å². The summed E-state index contributed by atoms with van der Waals surface area (Å²) in [5, 5.41) is 0. The molecule has 1 heterocycles. The Morgan fingerprint density at radius 2 is 2.06 bits per heavy atom. The molecule has 2 aliphatic rings. The van der Waals surface area contributed by atoms with Gasteiger partial charge in [-0.2, -0.15) is 0 Å². The van der Waals surface area contributed by atoms with Crippen molar-refractivity contribution < 1.29 is 4.74 Å². The third-order valence-corrected chi connectivity index (χ3v) is 4.55. The lowest BCUT2D eigenvalue weighted by molar-refractivity contribution is 0.186. The Bertz CT molecular complexity index is 406. The van der Waals surface area contributed by atoms with Gasteiger partial charge in [-0.15, -0.1) is 0 Å². The second-order valence-corrected chi connectivity index (χ2v) is 5.59. The van der Waals surface area contributed by atoms with Gasteiger partial charge in [0.15, 0.2) is 0 Å². The van der Waals surface area contributed by atoms with Gasteiger partial charge in [0, 0.05) is 23.0 Å². The quantitative estimate of drug-likeness (QED) is 0.779. The van der Waals surface area contributed by atoms with E-state index in [1.807, 2.05) is 0 Å². The summed E-state index contributed by atoms with van der Waals surface area (Å²) >= 11 is 0. The van der Waals surface area contributed by atoms with Crippen molar-refractivity contribution in [1.29, 1.82) is 0 Å². The third kappa shape index (κ3) is 1.94. The summed E-state index contributed by atoms with van der Waals surface area (Å²) in [5.41, 5.74) is 3.77. The van der Waals surface area contributed by atoms with Crippen LogP contribution >= 0.6 is 0 Å². The zero-order valence-corrected chi connectivity index (χ0v) is 10.8. The zero-order chi connectivity index (χ0) is 11.8. The Kier molecular flexibility index (Phi) is 2.81. The number of nitrogens with zero attached hydrogens (tertiary/aromatic N) is 1. The van der Waals surface area contributed by atoms with Crippen LogP contribution in [0.3, 0.4) is 0 Å². The van der Waals surface area contributed by atoms with Crippen LogP contribution in [0.4, 0.5) is 0 Å². The summed E-state index contributed by atoms with van der Waals surface area (Å²) in [6.07, 6.45) is 8.00. The van der Waals surface area contributed by atoms with Crippen LogP contribution < -0.4 is 4.74 Å². The van der Waals surface area contributed by atoms with Gasteiger partial charge < -0.3 is 4.74 Å². The second-order valence-electron chi connectivity index (χ2n) is 5.59. The van der Waals surface area contributed by atoms with E-state index in [9.17, 15) is 0 Å². The zero-order valence-electron chi connectivity index (χ0n) is 10.8. The SMILES string of the molecule is COc1cc(C)nc2c1CC(C1CCC1)CC2. The Labute approximate surface area is 103 Å². The fourth-order valence-electron chi connectivity index (χ4n) is 3.34. The van der Waals surface area contributed by atoms with Gasteiger partial charge in [0.25, 0.3) is 0 Å². The van der Waals surface area contributed by atoms with Gasteiger partial charge in [-0.1, -0.05) is 19.3 Å². The van der Waals surface area contributed by atoms with E-state index < -0.39 is 0 Å². The molecule has 1 aromatic rings. The molecule has 1 fully saturated rings. The largest absolute Gasteiger partial charge is 0.496 e. The second kappa shape index (κ2) is 4.32. The average Bonchev–Trinajstić information content (AvgIpc) is 2.26. The topological polar surface area (TPSA) is 22.1 Å². The summed E-state index contributed by atoms with van der Waals surface area (Å²) < 4.78 is 5.53. The van der Waals surface area contributed by atoms with Gasteiger partial charge in [-0.25, -0.2) is 0 Å². The summed E-state index contributed by atoms with van der Waals surface area (Å²) in [6, 6.07) is 2.09. The maximum Gasteiger partial charge on any atom is 0.125 e. The highest BCUT2D eigenvalue weighted by atomic mass is 16.5. The molecule has 0 spiro atoms. The molecule has 0 radical (unpaired) electrons. The molecule has 17 heavy (non-hydrogen) atoms. The fraction of sp³-hybridized carbons (Fsp3) is 0.667. The lowest BCUT2D eigenvalue weighted by Gasteiger charge is -2.37. The van der Waals surface area contributed by atoms with Crippen molar-refractivity contribution in [1.82, 2.24) is 4.98 Å². The van der Waals surface area contributed by atoms with Gasteiger partial charge in [0.05, 0.1) is 7.11 Å². The monoisotopic (exact) mass is 231 g/mol. The standard InChI is InChI=1S/C15H21NO/c1-10-8-15(17-2)13-9-12(11-4-3-5-11)6-7-14(13)16-10/h8,11-12H,3-7,9H2,1-2H3. The normalized spacial score (nSPS) is 24.0. The Balaban J connectivity index is 1.89. The molecule has 2 heteroatoms. The van der Waals surface area contributed by atoms with Crippen molar-refractivity contribution in [3.8, 4) is 5.75 Å². The first-order valence-corrected chi connectivity index (χ1v) is 6.81. The number of aromatic nitrogens is 1. The lowest BCUT2D eigenvalue weighted by atomic mass is 9.69. The van der Waals surface area contributed by atoms with E-state index in [1.165, 1.54) is 43.4 Å². The maximum atomic E-state index is 5.53. The summed E-state index contributed by atoms with van der Waals surface area (Å²) in [7, 11) is 1.78. The molecule has 1 aromatic heterocycles. The van der Waals surface area contributed by atoms with Crippen molar-refractivity contribution in [3.05, 3.63) is 23.0 Å². The molecule has 0 saturated heterocycles. The molecule has 0 aromatic carbocycles. The average molecular weight is 231 g/mol. The number of rotatable bonds is 2. The highest BCUT2D eigenvalue weighted by Gasteiger charge is 2.31. The van der Waals surface area contributed by atoms with Crippen LogP contribution in [-0.4, -0.2) is 12.1 Å². The van der Waals surface area contributed by atoms with Crippen LogP contribution in [-0.2, 0) is 12.8 Å². The van der Waals surface area contributed by atoms with Crippen molar-refractivity contribution >= 4 is 0 Å². The predicted molar refractivity (Wildman–Crippen MR) is 68.4 cm³/mol. The van der Waals surface area contributed by atoms with E-state index in [0.717, 1.165) is 29.7 Å². The molecule has 3 rings (SSSR count). The number of aryl methyl sites for hydroxylation is 2. The molecule has 92 valence electrons. The Morgan fingerprint density at radius 3 is 2.71 bits per heavy atom. The van der Waals surface area contributed by atoms with E-state index in [4.69, 9.17) is 4.74 Å². The number of methoxy groups -OCH3 is 1. The van der Waals surface area contributed by atoms with E-state index in [1.54, 1.807) is 7.11 Å². The highest BCUT2D eigenvalue weighted by Crippen LogP contribution is 2.42. The molecule has 1 unspecified atom stereocenters. The molecule has 2 aliphatic carbocycles. The molecule has 0 amide bonds. The van der Waals surface area contributed by atoms with E-state index in [0.29, 0.717) is 0 Å². The maximum absolute atomic E-state index is 5.53. The van der Waals surface area contributed by atoms with Crippen LogP contribution in [0.15, 0.2) is 6.07 Å². The summed E-state index contributed by atoms with van der Waals surface area (Å²) in [5.74, 6) is 2.93. The van der Waals surface area contributed by atoms with E-state index >= 15 is 0 Å². The minimum Gasteiger partial charge on any atom is -0.496 e. The first-order chi connectivity index (χ1) is 8.28. The highest BCUT2D eigenvalue weighted by molar-refractivity contribution is 5.40. The summed E-state index contributed by atoms with van der Waals surface area (Å²) in [4.78, 5) is 4.68. The number of hydrogen-bond donors (Lipinski definition) is 0. The van der Waals surface area contributed by atoms with Crippen molar-refractivity contribution in [2.45, 2.75) is 45.4 Å². The van der Waals surface area contributed by atoms with Crippen LogP contribution in [0.2, 0.25) is 0 Å². The first-order valence-electron chi connectivity index (χ1n) is 6.81. The minimum absolute atomic E-state index is 0.884. The Hall–Kier alpha value is -1.05. The molecule has 2 nitrogen and oxygen atoms in total. The van der Waals surface area contributed by atoms with Crippen molar-refractivity contribution in [2.75, 3.05) is 7.11 Å². The number of fused-ring (bicyclic) bond motifs is 1. The number of ether oxygens (including phenoxy) is 1. The van der Waals surface area contributed by atoms with Gasteiger partial charge in [0.2, 0.25) is 0 Å². The van der Waals surface area contributed by atoms with Gasteiger partial charge in [0.1, 0.15) is 5.75 Å². The van der Waals surface area contributed by atoms with Gasteiger partial charge in [-0.3, -0.25) is 4.98 Å². The molecular formula is C15H21NO. The summed E-state index contributed by atoms with van der Waals surface area (Å²) in [6.45, 7) is 2.06. The first kappa shape index (κ1) is 11.1. The van der Waals surface area contributed by atoms with Crippen LogP contribution in [0.1, 0.15) is 42.6 Å². The molecule has 0 aliphatic heterocycles. The molecular weight excluding hydrogens is 210 g/mol. The predicted octanol–water partition coefficient (Wildman–Crippen LogP) is 3.30. The molecule has 0 N–H and O–H groups in total. The van der Waals surface area contributed by atoms with Crippen LogP contribution in [0, 0.1) is 18.8 Å². The number of pyridine rings is 1. The minimum atomic E-state index is 0.884. The van der Waals surface area contributed by atoms with E-state index in [2.05, 4.69) is 18.0 Å². The number of hydrogen-bond acceptors (Lipinski definition) is 2. The van der Waals surface area contributed by atoms with Crippen LogP contribution in [0.5, 0.6) is 5.75 Å². The smallest absolute Gasteiger partial charge is 0.125 e. The van der Waals surface area contributed by atoms with Crippen molar-refractivity contribution in [3.63, 3.8) is 0 Å². The molecule has 1 atom stereocenters. The molecule has 0 bridgehead atoms. The van der Waals surface area contributed by atoms with E-state index in [-0.39, 0.29) is 0 Å². The lowest BCUT2D eigenvalue weighted by Crippen LogP contribution is -2.28. The Morgan fingerprint density at radius 1 is 1.24 bits per heavy atom. The van der Waals surface area contributed by atoms with Crippen LogP contribution in [0.25, 0.3) is 0 Å². The van der Waals surface area contributed by atoms with Gasteiger partial charge >= 0.3 is 0 Å². The third-order valence-electron chi connectivity index (χ3n) is 4.55.